The molecule has 112 valence electrons. The molecule has 0 fully saturated rings. The average molecular weight is 302 g/mol. The van der Waals surface area contributed by atoms with Crippen LogP contribution >= 0.6 is 11.3 Å². The Kier molecular flexibility index (Phi) is 4.88. The van der Waals surface area contributed by atoms with Crippen molar-refractivity contribution in [2.75, 3.05) is 6.54 Å². The quantitative estimate of drug-likeness (QED) is 0.830. The van der Waals surface area contributed by atoms with Crippen LogP contribution < -0.4 is 10.9 Å². The predicted molar refractivity (Wildman–Crippen MR) is 87.9 cm³/mol. The van der Waals surface area contributed by atoms with Crippen molar-refractivity contribution in [3.8, 4) is 0 Å². The number of thiophene rings is 1. The van der Waals surface area contributed by atoms with Crippen molar-refractivity contribution in [2.45, 2.75) is 44.7 Å². The molecule has 0 saturated carbocycles. The molecule has 21 heavy (non-hydrogen) atoms. The fourth-order valence-electron chi connectivity index (χ4n) is 3.03. The van der Waals surface area contributed by atoms with Gasteiger partial charge in [0.05, 0.1) is 0 Å². The standard InChI is InChI=1S/C17H22N2OS/c20-17-8-1-3-11-19(17)12-4-2-10-18-15-6-5-7-16-14(15)9-13-21-16/h1,3,8-9,11,13,15,18H,2,4-7,10,12H2. The highest BCUT2D eigenvalue weighted by Gasteiger charge is 2.20. The molecule has 1 atom stereocenters. The smallest absolute Gasteiger partial charge is 0.250 e. The van der Waals surface area contributed by atoms with Crippen molar-refractivity contribution in [3.05, 3.63) is 56.6 Å². The van der Waals surface area contributed by atoms with E-state index in [2.05, 4.69) is 16.8 Å². The maximum atomic E-state index is 11.6. The Morgan fingerprint density at radius 1 is 1.29 bits per heavy atom. The van der Waals surface area contributed by atoms with Gasteiger partial charge in [0, 0.05) is 29.7 Å². The Hall–Kier alpha value is -1.39. The van der Waals surface area contributed by atoms with Crippen LogP contribution in [0.2, 0.25) is 0 Å². The van der Waals surface area contributed by atoms with Gasteiger partial charge >= 0.3 is 0 Å². The van der Waals surface area contributed by atoms with E-state index in [1.165, 1.54) is 24.8 Å². The second-order valence-electron chi connectivity index (χ2n) is 5.64. The number of hydrogen-bond acceptors (Lipinski definition) is 3. The lowest BCUT2D eigenvalue weighted by molar-refractivity contribution is 0.449. The molecular weight excluding hydrogens is 280 g/mol. The normalized spacial score (nSPS) is 17.6. The number of nitrogens with zero attached hydrogens (tertiary/aromatic N) is 1. The van der Waals surface area contributed by atoms with Crippen LogP contribution in [0.25, 0.3) is 0 Å². The summed E-state index contributed by atoms with van der Waals surface area (Å²) in [6, 6.07) is 8.15. The van der Waals surface area contributed by atoms with Crippen molar-refractivity contribution >= 4 is 11.3 Å². The lowest BCUT2D eigenvalue weighted by atomic mass is 9.94. The zero-order chi connectivity index (χ0) is 14.5. The van der Waals surface area contributed by atoms with Gasteiger partial charge in [0.1, 0.15) is 0 Å². The largest absolute Gasteiger partial charge is 0.316 e. The van der Waals surface area contributed by atoms with E-state index >= 15 is 0 Å². The van der Waals surface area contributed by atoms with Gasteiger partial charge in [-0.1, -0.05) is 6.07 Å². The SMILES string of the molecule is O=c1ccccn1CCCCNC1CCCc2sccc21. The van der Waals surface area contributed by atoms with Crippen LogP contribution in [0, 0.1) is 0 Å². The van der Waals surface area contributed by atoms with E-state index < -0.39 is 0 Å². The molecule has 0 spiro atoms. The van der Waals surface area contributed by atoms with E-state index in [0.29, 0.717) is 6.04 Å². The topological polar surface area (TPSA) is 34.0 Å². The third-order valence-electron chi connectivity index (χ3n) is 4.17. The molecule has 2 aromatic heterocycles. The monoisotopic (exact) mass is 302 g/mol. The van der Waals surface area contributed by atoms with Crippen molar-refractivity contribution in [3.63, 3.8) is 0 Å². The molecule has 1 aliphatic rings. The number of aromatic nitrogens is 1. The van der Waals surface area contributed by atoms with Gasteiger partial charge in [-0.3, -0.25) is 4.79 Å². The molecule has 0 bridgehead atoms. The Labute approximate surface area is 129 Å². The summed E-state index contributed by atoms with van der Waals surface area (Å²) in [4.78, 5) is 13.2. The molecule has 2 heterocycles. The second kappa shape index (κ2) is 7.05. The van der Waals surface area contributed by atoms with Gasteiger partial charge in [0.2, 0.25) is 5.56 Å². The van der Waals surface area contributed by atoms with Gasteiger partial charge in [0.25, 0.3) is 0 Å². The Morgan fingerprint density at radius 3 is 3.14 bits per heavy atom. The number of fused-ring (bicyclic) bond motifs is 1. The molecule has 4 heteroatoms. The summed E-state index contributed by atoms with van der Waals surface area (Å²) in [6.45, 7) is 1.84. The van der Waals surface area contributed by atoms with Gasteiger partial charge in [-0.15, -0.1) is 11.3 Å². The predicted octanol–water partition coefficient (Wildman–Crippen LogP) is 3.36. The average Bonchev–Trinajstić information content (AvgIpc) is 2.98. The molecule has 0 aliphatic heterocycles. The molecule has 1 aliphatic carbocycles. The molecule has 0 radical (unpaired) electrons. The summed E-state index contributed by atoms with van der Waals surface area (Å²) in [7, 11) is 0. The van der Waals surface area contributed by atoms with Crippen molar-refractivity contribution < 1.29 is 0 Å². The fourth-order valence-corrected chi connectivity index (χ4v) is 4.01. The molecule has 3 rings (SSSR count). The molecule has 1 N–H and O–H groups in total. The van der Waals surface area contributed by atoms with Crippen LogP contribution in [0.5, 0.6) is 0 Å². The highest BCUT2D eigenvalue weighted by Crippen LogP contribution is 2.33. The molecular formula is C17H22N2OS. The second-order valence-corrected chi connectivity index (χ2v) is 6.64. The summed E-state index contributed by atoms with van der Waals surface area (Å²) in [6.07, 6.45) is 7.82. The fraction of sp³-hybridized carbons (Fsp3) is 0.471. The number of unbranched alkanes of at least 4 members (excludes halogenated alkanes) is 1. The van der Waals surface area contributed by atoms with Gasteiger partial charge < -0.3 is 9.88 Å². The first-order valence-corrected chi connectivity index (χ1v) is 8.68. The van der Waals surface area contributed by atoms with E-state index in [4.69, 9.17) is 0 Å². The van der Waals surface area contributed by atoms with Crippen LogP contribution in [0.1, 0.15) is 42.2 Å². The minimum Gasteiger partial charge on any atom is -0.316 e. The molecule has 2 aromatic rings. The zero-order valence-corrected chi connectivity index (χ0v) is 13.1. The molecule has 3 nitrogen and oxygen atoms in total. The van der Waals surface area contributed by atoms with E-state index in [1.54, 1.807) is 21.6 Å². The summed E-state index contributed by atoms with van der Waals surface area (Å²) in [5, 5.41) is 5.90. The number of pyridine rings is 1. The van der Waals surface area contributed by atoms with E-state index in [0.717, 1.165) is 25.9 Å². The van der Waals surface area contributed by atoms with Crippen LogP contribution in [0.4, 0.5) is 0 Å². The third-order valence-corrected chi connectivity index (χ3v) is 5.16. The minimum atomic E-state index is 0.0978. The number of rotatable bonds is 6. The van der Waals surface area contributed by atoms with Gasteiger partial charge in [-0.2, -0.15) is 0 Å². The highest BCUT2D eigenvalue weighted by atomic mass is 32.1. The van der Waals surface area contributed by atoms with Gasteiger partial charge in [-0.25, -0.2) is 0 Å². The van der Waals surface area contributed by atoms with Crippen molar-refractivity contribution in [1.82, 2.24) is 9.88 Å². The lowest BCUT2D eigenvalue weighted by Gasteiger charge is -2.23. The summed E-state index contributed by atoms with van der Waals surface area (Å²) >= 11 is 1.89. The van der Waals surface area contributed by atoms with E-state index in [1.807, 2.05) is 23.6 Å². The molecule has 1 unspecified atom stereocenters. The Bertz CT molecular complexity index is 631. The van der Waals surface area contributed by atoms with E-state index in [9.17, 15) is 4.79 Å². The van der Waals surface area contributed by atoms with Crippen LogP contribution in [0.15, 0.2) is 40.6 Å². The zero-order valence-electron chi connectivity index (χ0n) is 12.3. The first-order valence-electron chi connectivity index (χ1n) is 7.80. The van der Waals surface area contributed by atoms with Crippen LogP contribution in [-0.4, -0.2) is 11.1 Å². The van der Waals surface area contributed by atoms with Gasteiger partial charge in [0.15, 0.2) is 0 Å². The van der Waals surface area contributed by atoms with Crippen molar-refractivity contribution in [1.29, 1.82) is 0 Å². The van der Waals surface area contributed by atoms with E-state index in [-0.39, 0.29) is 5.56 Å². The number of hydrogen-bond donors (Lipinski definition) is 1. The van der Waals surface area contributed by atoms with Crippen LogP contribution in [0.3, 0.4) is 0 Å². The minimum absolute atomic E-state index is 0.0978. The Balaban J connectivity index is 1.42. The molecule has 0 saturated heterocycles. The van der Waals surface area contributed by atoms with Gasteiger partial charge in [-0.05, 0) is 61.7 Å². The third kappa shape index (κ3) is 3.63. The summed E-state index contributed by atoms with van der Waals surface area (Å²) < 4.78 is 1.79. The van der Waals surface area contributed by atoms with Crippen LogP contribution in [-0.2, 0) is 13.0 Å². The maximum absolute atomic E-state index is 11.6. The highest BCUT2D eigenvalue weighted by molar-refractivity contribution is 7.10. The first kappa shape index (κ1) is 14.5. The first-order chi connectivity index (χ1) is 10.3. The Morgan fingerprint density at radius 2 is 2.24 bits per heavy atom. The number of nitrogens with one attached hydrogen (secondary N) is 1. The maximum Gasteiger partial charge on any atom is 0.250 e. The molecule has 0 aromatic carbocycles. The lowest BCUT2D eigenvalue weighted by Crippen LogP contribution is -2.25. The number of aryl methyl sites for hydroxylation is 2. The molecule has 0 amide bonds. The van der Waals surface area contributed by atoms with Crippen molar-refractivity contribution in [2.24, 2.45) is 0 Å². The summed E-state index contributed by atoms with van der Waals surface area (Å²) in [5.74, 6) is 0. The summed E-state index contributed by atoms with van der Waals surface area (Å²) in [5.41, 5.74) is 1.62.